The number of nitrogens with one attached hydrogen (secondary N) is 1. The minimum atomic E-state index is 0.242. The first-order valence-corrected chi connectivity index (χ1v) is 3.96. The summed E-state index contributed by atoms with van der Waals surface area (Å²) in [7, 11) is 0. The van der Waals surface area contributed by atoms with Crippen LogP contribution in [-0.2, 0) is 0 Å². The Hall–Kier alpha value is -0.990. The molecule has 0 aromatic heterocycles. The molecule has 1 aliphatic heterocycles. The molecule has 0 bridgehead atoms. The Kier molecular flexibility index (Phi) is 4.34. The molecule has 0 aliphatic carbocycles. The quantitative estimate of drug-likeness (QED) is 0.552. The van der Waals surface area contributed by atoms with E-state index in [0.29, 0.717) is 5.96 Å². The molecule has 11 heavy (non-hydrogen) atoms. The van der Waals surface area contributed by atoms with Gasteiger partial charge in [0, 0.05) is 6.20 Å². The van der Waals surface area contributed by atoms with Crippen LogP contribution in [-0.4, -0.2) is 12.0 Å². The van der Waals surface area contributed by atoms with Gasteiger partial charge >= 0.3 is 0 Å². The zero-order chi connectivity index (χ0) is 8.85. The Morgan fingerprint density at radius 1 is 1.55 bits per heavy atom. The fourth-order valence-electron chi connectivity index (χ4n) is 0.656. The first kappa shape index (κ1) is 10.0. The van der Waals surface area contributed by atoms with Gasteiger partial charge in [-0.1, -0.05) is 13.8 Å². The van der Waals surface area contributed by atoms with E-state index in [1.165, 1.54) is 5.57 Å². The van der Waals surface area contributed by atoms with Crippen molar-refractivity contribution in [2.45, 2.75) is 33.7 Å². The maximum atomic E-state index is 5.38. The summed E-state index contributed by atoms with van der Waals surface area (Å²) in [5.41, 5.74) is 6.59. The van der Waals surface area contributed by atoms with Crippen LogP contribution in [0.4, 0.5) is 0 Å². The van der Waals surface area contributed by atoms with Crippen LogP contribution in [0.25, 0.3) is 0 Å². The molecule has 1 unspecified atom stereocenters. The van der Waals surface area contributed by atoms with Gasteiger partial charge in [0.1, 0.15) is 0 Å². The van der Waals surface area contributed by atoms with Gasteiger partial charge in [-0.2, -0.15) is 0 Å². The molecule has 3 N–H and O–H groups in total. The summed E-state index contributed by atoms with van der Waals surface area (Å²) in [6.07, 6.45) is 1.88. The molecular formula is C8H17N3. The van der Waals surface area contributed by atoms with E-state index in [9.17, 15) is 0 Å². The maximum Gasteiger partial charge on any atom is 0.193 e. The van der Waals surface area contributed by atoms with Crippen LogP contribution in [0.15, 0.2) is 16.8 Å². The summed E-state index contributed by atoms with van der Waals surface area (Å²) < 4.78 is 0. The molecular weight excluding hydrogens is 138 g/mol. The highest BCUT2D eigenvalue weighted by Gasteiger charge is 2.06. The van der Waals surface area contributed by atoms with Crippen molar-refractivity contribution in [1.82, 2.24) is 5.32 Å². The molecule has 0 saturated carbocycles. The smallest absolute Gasteiger partial charge is 0.193 e. The Bertz CT molecular complexity index is 170. The van der Waals surface area contributed by atoms with Gasteiger partial charge in [-0.25, -0.2) is 4.99 Å². The maximum absolute atomic E-state index is 5.38. The fourth-order valence-corrected chi connectivity index (χ4v) is 0.656. The van der Waals surface area contributed by atoms with E-state index in [-0.39, 0.29) is 6.04 Å². The highest BCUT2D eigenvalue weighted by atomic mass is 15.1. The molecule has 3 heteroatoms. The van der Waals surface area contributed by atoms with Crippen molar-refractivity contribution in [3.05, 3.63) is 11.8 Å². The summed E-state index contributed by atoms with van der Waals surface area (Å²) in [6.45, 7) is 8.03. The van der Waals surface area contributed by atoms with E-state index < -0.39 is 0 Å². The van der Waals surface area contributed by atoms with E-state index in [1.54, 1.807) is 0 Å². The third-order valence-electron chi connectivity index (χ3n) is 1.44. The third kappa shape index (κ3) is 3.07. The average molecular weight is 155 g/mol. The van der Waals surface area contributed by atoms with Crippen LogP contribution < -0.4 is 11.1 Å². The van der Waals surface area contributed by atoms with Gasteiger partial charge in [0.15, 0.2) is 5.96 Å². The summed E-state index contributed by atoms with van der Waals surface area (Å²) >= 11 is 0. The number of aliphatic imine (C=N–C) groups is 1. The van der Waals surface area contributed by atoms with E-state index in [4.69, 9.17) is 5.73 Å². The van der Waals surface area contributed by atoms with Crippen molar-refractivity contribution >= 4 is 5.96 Å². The molecule has 3 nitrogen and oxygen atoms in total. The summed E-state index contributed by atoms with van der Waals surface area (Å²) in [6, 6.07) is 0.242. The Morgan fingerprint density at radius 3 is 2.45 bits per heavy atom. The number of hydrogen-bond donors (Lipinski definition) is 2. The summed E-state index contributed by atoms with van der Waals surface area (Å²) in [4.78, 5) is 4.08. The molecule has 1 atom stereocenters. The molecule has 0 fully saturated rings. The molecule has 1 heterocycles. The van der Waals surface area contributed by atoms with Crippen LogP contribution in [0.2, 0.25) is 0 Å². The van der Waals surface area contributed by atoms with Crippen LogP contribution in [0.5, 0.6) is 0 Å². The van der Waals surface area contributed by atoms with Gasteiger partial charge < -0.3 is 11.1 Å². The molecule has 0 saturated heterocycles. The predicted molar refractivity (Wildman–Crippen MR) is 49.3 cm³/mol. The molecule has 0 radical (unpaired) electrons. The zero-order valence-electron chi connectivity index (χ0n) is 7.68. The van der Waals surface area contributed by atoms with Crippen molar-refractivity contribution in [3.8, 4) is 0 Å². The second-order valence-electron chi connectivity index (χ2n) is 2.22. The highest BCUT2D eigenvalue weighted by molar-refractivity contribution is 5.80. The highest BCUT2D eigenvalue weighted by Crippen LogP contribution is 2.05. The van der Waals surface area contributed by atoms with E-state index in [1.807, 2.05) is 33.9 Å². The lowest BCUT2D eigenvalue weighted by Crippen LogP contribution is -2.32. The van der Waals surface area contributed by atoms with Crippen LogP contribution >= 0.6 is 0 Å². The van der Waals surface area contributed by atoms with Gasteiger partial charge in [-0.15, -0.1) is 0 Å². The van der Waals surface area contributed by atoms with Crippen LogP contribution in [0, 0.1) is 0 Å². The largest absolute Gasteiger partial charge is 0.370 e. The second-order valence-corrected chi connectivity index (χ2v) is 2.22. The monoisotopic (exact) mass is 155 g/mol. The second kappa shape index (κ2) is 4.77. The van der Waals surface area contributed by atoms with Crippen molar-refractivity contribution in [2.75, 3.05) is 0 Å². The first-order chi connectivity index (χ1) is 5.20. The number of hydrogen-bond acceptors (Lipinski definition) is 3. The lowest BCUT2D eigenvalue weighted by atomic mass is 10.2. The van der Waals surface area contributed by atoms with E-state index in [0.717, 1.165) is 0 Å². The van der Waals surface area contributed by atoms with Crippen LogP contribution in [0.3, 0.4) is 0 Å². The van der Waals surface area contributed by atoms with Crippen molar-refractivity contribution in [1.29, 1.82) is 0 Å². The number of rotatable bonds is 0. The predicted octanol–water partition coefficient (Wildman–Crippen LogP) is 1.22. The van der Waals surface area contributed by atoms with E-state index >= 15 is 0 Å². The molecule has 1 rings (SSSR count). The van der Waals surface area contributed by atoms with Gasteiger partial charge in [-0.05, 0) is 19.4 Å². The molecule has 0 amide bonds. The fraction of sp³-hybridized carbons (Fsp3) is 0.625. The Balaban J connectivity index is 0.000000461. The number of nitrogens with zero attached hydrogens (tertiary/aromatic N) is 1. The number of guanidine groups is 1. The standard InChI is InChI=1S/C6H11N3.C2H6/c1-4-3-8-6(7)9-5(4)2;1-2/h3,5H,1-2H3,(H3,7,8,9);1-2H3. The molecule has 64 valence electrons. The zero-order valence-corrected chi connectivity index (χ0v) is 7.68. The van der Waals surface area contributed by atoms with Gasteiger partial charge in [0.05, 0.1) is 6.04 Å². The Labute approximate surface area is 68.4 Å². The topological polar surface area (TPSA) is 50.4 Å². The Morgan fingerprint density at radius 2 is 2.09 bits per heavy atom. The lowest BCUT2D eigenvalue weighted by molar-refractivity contribution is 0.818. The van der Waals surface area contributed by atoms with Gasteiger partial charge in [0.2, 0.25) is 0 Å². The normalized spacial score (nSPS) is 22.0. The minimum Gasteiger partial charge on any atom is -0.370 e. The van der Waals surface area contributed by atoms with Gasteiger partial charge in [-0.3, -0.25) is 0 Å². The van der Waals surface area contributed by atoms with E-state index in [2.05, 4.69) is 10.3 Å². The van der Waals surface area contributed by atoms with Crippen LogP contribution in [0.1, 0.15) is 27.7 Å². The molecule has 0 spiro atoms. The first-order valence-electron chi connectivity index (χ1n) is 3.96. The lowest BCUT2D eigenvalue weighted by Gasteiger charge is -2.14. The summed E-state index contributed by atoms with van der Waals surface area (Å²) in [5, 5.41) is 2.83. The van der Waals surface area contributed by atoms with Crippen molar-refractivity contribution < 1.29 is 0 Å². The third-order valence-corrected chi connectivity index (χ3v) is 1.44. The molecule has 0 aromatic carbocycles. The molecule has 0 aromatic rings. The van der Waals surface area contributed by atoms with Crippen molar-refractivity contribution in [2.24, 2.45) is 10.7 Å². The summed E-state index contributed by atoms with van der Waals surface area (Å²) in [5.74, 6) is 0.508. The number of nitrogens with two attached hydrogens (primary N) is 1. The minimum absolute atomic E-state index is 0.242. The SMILES string of the molecule is CC.CC1=CNC(N)=NC1C. The van der Waals surface area contributed by atoms with Gasteiger partial charge in [0.25, 0.3) is 0 Å². The van der Waals surface area contributed by atoms with Crippen molar-refractivity contribution in [3.63, 3.8) is 0 Å². The average Bonchev–Trinajstić information content (AvgIpc) is 2.02. The molecule has 1 aliphatic rings.